The number of aryl methyl sites for hydroxylation is 1. The Bertz CT molecular complexity index is 670. The average molecular weight is 361 g/mol. The van der Waals surface area contributed by atoms with Crippen molar-refractivity contribution in [3.8, 4) is 0 Å². The molecule has 1 aliphatic heterocycles. The van der Waals surface area contributed by atoms with Crippen LogP contribution in [0.5, 0.6) is 0 Å². The Hall–Kier alpha value is -1.03. The SMILES string of the molecule is Cc1nc(C(C)C)sc1C(=O)NC[C@H]1CN(S(C)(=O)=O)CCO1. The predicted molar refractivity (Wildman–Crippen MR) is 89.4 cm³/mol. The van der Waals surface area contributed by atoms with E-state index in [0.717, 1.165) is 10.7 Å². The van der Waals surface area contributed by atoms with E-state index in [1.54, 1.807) is 0 Å². The lowest BCUT2D eigenvalue weighted by Crippen LogP contribution is -2.49. The lowest BCUT2D eigenvalue weighted by atomic mass is 10.2. The van der Waals surface area contributed by atoms with Crippen molar-refractivity contribution in [3.63, 3.8) is 0 Å². The molecule has 0 spiro atoms. The number of carbonyl (C=O) groups excluding carboxylic acids is 1. The van der Waals surface area contributed by atoms with Gasteiger partial charge in [0.05, 0.1) is 29.7 Å². The van der Waals surface area contributed by atoms with E-state index < -0.39 is 10.0 Å². The first-order valence-corrected chi connectivity index (χ1v) is 10.2. The van der Waals surface area contributed by atoms with Gasteiger partial charge in [-0.25, -0.2) is 13.4 Å². The third-order valence-corrected chi connectivity index (χ3v) is 6.30. The number of aromatic nitrogens is 1. The maximum absolute atomic E-state index is 12.3. The fourth-order valence-corrected chi connectivity index (χ4v) is 4.11. The molecule has 2 heterocycles. The number of hydrogen-bond donors (Lipinski definition) is 1. The first kappa shape index (κ1) is 18.3. The molecule has 9 heteroatoms. The molecule has 0 aliphatic carbocycles. The minimum absolute atomic E-state index is 0.188. The van der Waals surface area contributed by atoms with E-state index in [0.29, 0.717) is 18.0 Å². The summed E-state index contributed by atoms with van der Waals surface area (Å²) in [6.45, 7) is 7.13. The highest BCUT2D eigenvalue weighted by molar-refractivity contribution is 7.88. The molecular weight excluding hydrogens is 338 g/mol. The number of ether oxygens (including phenoxy) is 1. The van der Waals surface area contributed by atoms with Gasteiger partial charge in [-0.1, -0.05) is 13.8 Å². The number of sulfonamides is 1. The summed E-state index contributed by atoms with van der Waals surface area (Å²) < 4.78 is 30.1. The zero-order chi connectivity index (χ0) is 17.2. The van der Waals surface area contributed by atoms with Gasteiger partial charge >= 0.3 is 0 Å². The Balaban J connectivity index is 1.94. The van der Waals surface area contributed by atoms with Gasteiger partial charge < -0.3 is 10.1 Å². The highest BCUT2D eigenvalue weighted by Crippen LogP contribution is 2.24. The first-order valence-electron chi connectivity index (χ1n) is 7.50. The van der Waals surface area contributed by atoms with E-state index in [9.17, 15) is 13.2 Å². The van der Waals surface area contributed by atoms with Gasteiger partial charge in [-0.2, -0.15) is 4.31 Å². The van der Waals surface area contributed by atoms with Gasteiger partial charge in [0, 0.05) is 25.6 Å². The van der Waals surface area contributed by atoms with Gasteiger partial charge in [0.1, 0.15) is 4.88 Å². The van der Waals surface area contributed by atoms with Crippen LogP contribution in [0, 0.1) is 6.92 Å². The van der Waals surface area contributed by atoms with Gasteiger partial charge in [0.2, 0.25) is 10.0 Å². The molecule has 0 unspecified atom stereocenters. The van der Waals surface area contributed by atoms with Gasteiger partial charge in [0.25, 0.3) is 5.91 Å². The molecule has 1 atom stereocenters. The Morgan fingerprint density at radius 1 is 1.52 bits per heavy atom. The summed E-state index contributed by atoms with van der Waals surface area (Å²) in [6, 6.07) is 0. The molecule has 1 aromatic heterocycles. The molecule has 1 N–H and O–H groups in total. The summed E-state index contributed by atoms with van der Waals surface area (Å²) in [6.07, 6.45) is 0.849. The minimum Gasteiger partial charge on any atom is -0.374 e. The van der Waals surface area contributed by atoms with Crippen molar-refractivity contribution in [2.24, 2.45) is 0 Å². The fraction of sp³-hybridized carbons (Fsp3) is 0.714. The smallest absolute Gasteiger partial charge is 0.263 e. The lowest BCUT2D eigenvalue weighted by Gasteiger charge is -2.31. The van der Waals surface area contributed by atoms with Crippen molar-refractivity contribution in [3.05, 3.63) is 15.6 Å². The normalized spacial score (nSPS) is 20.0. The second-order valence-corrected chi connectivity index (χ2v) is 8.96. The number of carbonyl (C=O) groups is 1. The molecule has 0 bridgehead atoms. The Morgan fingerprint density at radius 2 is 2.22 bits per heavy atom. The summed E-state index contributed by atoms with van der Waals surface area (Å²) in [5.41, 5.74) is 0.721. The van der Waals surface area contributed by atoms with Crippen LogP contribution < -0.4 is 5.32 Å². The van der Waals surface area contributed by atoms with E-state index in [1.165, 1.54) is 21.9 Å². The molecular formula is C14H23N3O4S2. The summed E-state index contributed by atoms with van der Waals surface area (Å²) >= 11 is 1.40. The summed E-state index contributed by atoms with van der Waals surface area (Å²) in [5, 5.41) is 3.75. The second kappa shape index (κ2) is 7.25. The molecule has 2 rings (SSSR count). The maximum Gasteiger partial charge on any atom is 0.263 e. The number of nitrogens with one attached hydrogen (secondary N) is 1. The fourth-order valence-electron chi connectivity index (χ4n) is 2.28. The number of rotatable bonds is 5. The number of hydrogen-bond acceptors (Lipinski definition) is 6. The number of thiazole rings is 1. The molecule has 1 saturated heterocycles. The minimum atomic E-state index is -3.23. The monoisotopic (exact) mass is 361 g/mol. The van der Waals surface area contributed by atoms with Crippen LogP contribution in [0.1, 0.15) is 40.1 Å². The number of nitrogens with zero attached hydrogens (tertiary/aromatic N) is 2. The van der Waals surface area contributed by atoms with Crippen molar-refractivity contribution >= 4 is 27.3 Å². The molecule has 1 fully saturated rings. The standard InChI is InChI=1S/C14H23N3O4S2/c1-9(2)14-16-10(3)12(22-14)13(18)15-7-11-8-17(5-6-21-11)23(4,19)20/h9,11H,5-8H2,1-4H3,(H,15,18)/t11-/m0/s1. The third-order valence-electron chi connectivity index (χ3n) is 3.57. The highest BCUT2D eigenvalue weighted by Gasteiger charge is 2.27. The van der Waals surface area contributed by atoms with Gasteiger partial charge in [-0.3, -0.25) is 4.79 Å². The van der Waals surface area contributed by atoms with Gasteiger partial charge in [-0.05, 0) is 6.92 Å². The van der Waals surface area contributed by atoms with Crippen LogP contribution >= 0.6 is 11.3 Å². The van der Waals surface area contributed by atoms with E-state index in [1.807, 2.05) is 20.8 Å². The van der Waals surface area contributed by atoms with Crippen LogP contribution in [0.25, 0.3) is 0 Å². The van der Waals surface area contributed by atoms with Crippen LogP contribution in [0.15, 0.2) is 0 Å². The molecule has 1 aliphatic rings. The van der Waals surface area contributed by atoms with Gasteiger partial charge in [0.15, 0.2) is 0 Å². The largest absolute Gasteiger partial charge is 0.374 e. The van der Waals surface area contributed by atoms with Crippen molar-refractivity contribution < 1.29 is 17.9 Å². The van der Waals surface area contributed by atoms with Crippen molar-refractivity contribution in [2.45, 2.75) is 32.8 Å². The summed E-state index contributed by atoms with van der Waals surface area (Å²) in [5.74, 6) is 0.0947. The Kier molecular flexibility index (Phi) is 5.77. The quantitative estimate of drug-likeness (QED) is 0.844. The first-order chi connectivity index (χ1) is 10.7. The molecule has 1 aromatic rings. The van der Waals surface area contributed by atoms with Crippen LogP contribution in [0.4, 0.5) is 0 Å². The third kappa shape index (κ3) is 4.72. The topological polar surface area (TPSA) is 88.6 Å². The Morgan fingerprint density at radius 3 is 2.78 bits per heavy atom. The average Bonchev–Trinajstić information content (AvgIpc) is 2.86. The van der Waals surface area contributed by atoms with Gasteiger partial charge in [-0.15, -0.1) is 11.3 Å². The van der Waals surface area contributed by atoms with Crippen molar-refractivity contribution in [2.75, 3.05) is 32.5 Å². The van der Waals surface area contributed by atoms with Crippen LogP contribution in [-0.2, 0) is 14.8 Å². The summed E-state index contributed by atoms with van der Waals surface area (Å²) in [4.78, 5) is 17.3. The van der Waals surface area contributed by atoms with Crippen LogP contribution in [-0.4, -0.2) is 62.2 Å². The van der Waals surface area contributed by atoms with E-state index >= 15 is 0 Å². The van der Waals surface area contributed by atoms with E-state index in [4.69, 9.17) is 4.74 Å². The molecule has 0 radical (unpaired) electrons. The van der Waals surface area contributed by atoms with Crippen molar-refractivity contribution in [1.29, 1.82) is 0 Å². The molecule has 23 heavy (non-hydrogen) atoms. The Labute approximate surface area is 141 Å². The van der Waals surface area contributed by atoms with E-state index in [-0.39, 0.29) is 31.0 Å². The van der Waals surface area contributed by atoms with Crippen LogP contribution in [0.3, 0.4) is 0 Å². The molecule has 130 valence electrons. The van der Waals surface area contributed by atoms with E-state index in [2.05, 4.69) is 10.3 Å². The lowest BCUT2D eigenvalue weighted by molar-refractivity contribution is 0.000455. The second-order valence-electron chi connectivity index (χ2n) is 5.95. The van der Waals surface area contributed by atoms with Crippen LogP contribution in [0.2, 0.25) is 0 Å². The highest BCUT2D eigenvalue weighted by atomic mass is 32.2. The zero-order valence-electron chi connectivity index (χ0n) is 13.8. The number of morpholine rings is 1. The predicted octanol–water partition coefficient (Wildman–Crippen LogP) is 0.965. The van der Waals surface area contributed by atoms with Crippen molar-refractivity contribution in [1.82, 2.24) is 14.6 Å². The number of amides is 1. The zero-order valence-corrected chi connectivity index (χ0v) is 15.5. The molecule has 0 saturated carbocycles. The molecule has 1 amide bonds. The summed E-state index contributed by atoms with van der Waals surface area (Å²) in [7, 11) is -3.23. The maximum atomic E-state index is 12.3. The molecule has 7 nitrogen and oxygen atoms in total. The molecule has 0 aromatic carbocycles.